The average molecular weight is 319 g/mol. The van der Waals surface area contributed by atoms with E-state index in [1.54, 1.807) is 43.5 Å². The highest BCUT2D eigenvalue weighted by Crippen LogP contribution is 2.43. The summed E-state index contributed by atoms with van der Waals surface area (Å²) in [5, 5.41) is 11.7. The van der Waals surface area contributed by atoms with Gasteiger partial charge >= 0.3 is 0 Å². The molecular formula is C17H15ClO4. The van der Waals surface area contributed by atoms with Crippen LogP contribution in [0.25, 0.3) is 22.3 Å². The molecule has 0 saturated heterocycles. The lowest BCUT2D eigenvalue weighted by molar-refractivity contribution is 0.147. The van der Waals surface area contributed by atoms with E-state index >= 15 is 0 Å². The van der Waals surface area contributed by atoms with Gasteiger partial charge in [-0.3, -0.25) is 0 Å². The third kappa shape index (κ3) is 2.75. The maximum atomic E-state index is 10.5. The number of hydrogen-bond acceptors (Lipinski definition) is 4. The molecule has 0 radical (unpaired) electrons. The molecule has 4 nitrogen and oxygen atoms in total. The van der Waals surface area contributed by atoms with E-state index < -0.39 is 0 Å². The van der Waals surface area contributed by atoms with Gasteiger partial charge in [0.1, 0.15) is 23.3 Å². The van der Waals surface area contributed by atoms with Crippen LogP contribution in [0.4, 0.5) is 0 Å². The Labute approximate surface area is 132 Å². The second kappa shape index (κ2) is 6.30. The quantitative estimate of drug-likeness (QED) is 0.704. The van der Waals surface area contributed by atoms with Gasteiger partial charge in [-0.05, 0) is 36.4 Å². The molecule has 5 heteroatoms. The van der Waals surface area contributed by atoms with Gasteiger partial charge < -0.3 is 19.0 Å². The molecule has 0 fully saturated rings. The van der Waals surface area contributed by atoms with Crippen molar-refractivity contribution in [2.24, 2.45) is 0 Å². The summed E-state index contributed by atoms with van der Waals surface area (Å²) in [5.74, 6) is 1.02. The number of ether oxygens (including phenoxy) is 2. The SMILES string of the molecule is COCCOc1cccc2oc(-c3ccc(Cl)cc3)c(O)c12. The van der Waals surface area contributed by atoms with E-state index in [1.807, 2.05) is 6.07 Å². The molecule has 3 rings (SSSR count). The number of furan rings is 1. The summed E-state index contributed by atoms with van der Waals surface area (Å²) in [7, 11) is 1.61. The Kier molecular flexibility index (Phi) is 4.22. The van der Waals surface area contributed by atoms with Crippen molar-refractivity contribution in [3.8, 4) is 22.8 Å². The lowest BCUT2D eigenvalue weighted by Crippen LogP contribution is -2.04. The zero-order chi connectivity index (χ0) is 15.5. The molecule has 0 unspecified atom stereocenters. The number of benzene rings is 2. The fourth-order valence-electron chi connectivity index (χ4n) is 2.25. The van der Waals surface area contributed by atoms with E-state index in [1.165, 1.54) is 0 Å². The first-order valence-electron chi connectivity index (χ1n) is 6.83. The van der Waals surface area contributed by atoms with E-state index in [-0.39, 0.29) is 5.75 Å². The summed E-state index contributed by atoms with van der Waals surface area (Å²) in [5.41, 5.74) is 1.32. The van der Waals surface area contributed by atoms with Crippen molar-refractivity contribution in [1.82, 2.24) is 0 Å². The predicted octanol–water partition coefficient (Wildman–Crippen LogP) is 4.48. The van der Waals surface area contributed by atoms with Gasteiger partial charge in [0.25, 0.3) is 0 Å². The smallest absolute Gasteiger partial charge is 0.177 e. The highest BCUT2D eigenvalue weighted by atomic mass is 35.5. The van der Waals surface area contributed by atoms with E-state index in [0.29, 0.717) is 40.7 Å². The third-order valence-electron chi connectivity index (χ3n) is 3.30. The highest BCUT2D eigenvalue weighted by Gasteiger charge is 2.18. The number of methoxy groups -OCH3 is 1. The van der Waals surface area contributed by atoms with Gasteiger partial charge in [0.15, 0.2) is 11.5 Å². The molecular weight excluding hydrogens is 304 g/mol. The Morgan fingerprint density at radius 3 is 2.59 bits per heavy atom. The van der Waals surface area contributed by atoms with Gasteiger partial charge in [0.05, 0.1) is 6.61 Å². The first-order chi connectivity index (χ1) is 10.7. The van der Waals surface area contributed by atoms with Crippen molar-refractivity contribution in [3.05, 3.63) is 47.5 Å². The molecule has 3 aromatic rings. The molecule has 0 atom stereocenters. The fourth-order valence-corrected chi connectivity index (χ4v) is 2.38. The van der Waals surface area contributed by atoms with Crippen LogP contribution in [0, 0.1) is 0 Å². The zero-order valence-electron chi connectivity index (χ0n) is 12.0. The summed E-state index contributed by atoms with van der Waals surface area (Å²) in [6.45, 7) is 0.871. The average Bonchev–Trinajstić information content (AvgIpc) is 2.86. The maximum absolute atomic E-state index is 10.5. The summed E-state index contributed by atoms with van der Waals surface area (Å²) in [6.07, 6.45) is 0. The highest BCUT2D eigenvalue weighted by molar-refractivity contribution is 6.30. The molecule has 0 amide bonds. The molecule has 0 spiro atoms. The van der Waals surface area contributed by atoms with Gasteiger partial charge in [0, 0.05) is 17.7 Å². The van der Waals surface area contributed by atoms with Crippen LogP contribution in [-0.4, -0.2) is 25.4 Å². The molecule has 2 aromatic carbocycles. The van der Waals surface area contributed by atoms with Crippen molar-refractivity contribution in [2.45, 2.75) is 0 Å². The molecule has 0 aliphatic carbocycles. The predicted molar refractivity (Wildman–Crippen MR) is 85.7 cm³/mol. The second-order valence-electron chi connectivity index (χ2n) is 4.76. The monoisotopic (exact) mass is 318 g/mol. The van der Waals surface area contributed by atoms with Gasteiger partial charge in [-0.2, -0.15) is 0 Å². The minimum atomic E-state index is 0.0605. The van der Waals surface area contributed by atoms with Gasteiger partial charge in [-0.25, -0.2) is 0 Å². The van der Waals surface area contributed by atoms with E-state index in [9.17, 15) is 5.11 Å². The molecule has 1 heterocycles. The molecule has 0 aliphatic rings. The summed E-state index contributed by atoms with van der Waals surface area (Å²) in [4.78, 5) is 0. The Morgan fingerprint density at radius 1 is 1.09 bits per heavy atom. The van der Waals surface area contributed by atoms with Crippen LogP contribution in [0.1, 0.15) is 0 Å². The molecule has 1 N–H and O–H groups in total. The molecule has 0 bridgehead atoms. The van der Waals surface area contributed by atoms with E-state index in [2.05, 4.69) is 0 Å². The van der Waals surface area contributed by atoms with Crippen LogP contribution >= 0.6 is 11.6 Å². The van der Waals surface area contributed by atoms with Crippen molar-refractivity contribution in [2.75, 3.05) is 20.3 Å². The van der Waals surface area contributed by atoms with Crippen LogP contribution in [0.5, 0.6) is 11.5 Å². The molecule has 1 aromatic heterocycles. The zero-order valence-corrected chi connectivity index (χ0v) is 12.8. The van der Waals surface area contributed by atoms with Crippen molar-refractivity contribution >= 4 is 22.6 Å². The number of fused-ring (bicyclic) bond motifs is 1. The van der Waals surface area contributed by atoms with Crippen LogP contribution < -0.4 is 4.74 Å². The lowest BCUT2D eigenvalue weighted by Gasteiger charge is -2.06. The molecule has 114 valence electrons. The number of halogens is 1. The number of rotatable bonds is 5. The second-order valence-corrected chi connectivity index (χ2v) is 5.19. The Balaban J connectivity index is 2.05. The van der Waals surface area contributed by atoms with Gasteiger partial charge in [-0.1, -0.05) is 17.7 Å². The fraction of sp³-hybridized carbons (Fsp3) is 0.176. The van der Waals surface area contributed by atoms with Crippen molar-refractivity contribution < 1.29 is 19.0 Å². The van der Waals surface area contributed by atoms with Crippen molar-refractivity contribution in [3.63, 3.8) is 0 Å². The minimum Gasteiger partial charge on any atom is -0.504 e. The summed E-state index contributed by atoms with van der Waals surface area (Å²) >= 11 is 5.89. The van der Waals surface area contributed by atoms with Crippen LogP contribution in [-0.2, 0) is 4.74 Å². The third-order valence-corrected chi connectivity index (χ3v) is 3.56. The number of hydrogen-bond donors (Lipinski definition) is 1. The Bertz CT molecular complexity index is 777. The van der Waals surface area contributed by atoms with Crippen LogP contribution in [0.15, 0.2) is 46.9 Å². The summed E-state index contributed by atoms with van der Waals surface area (Å²) in [6, 6.07) is 12.5. The Morgan fingerprint density at radius 2 is 1.86 bits per heavy atom. The molecule has 0 aliphatic heterocycles. The van der Waals surface area contributed by atoms with Gasteiger partial charge in [-0.15, -0.1) is 0 Å². The van der Waals surface area contributed by atoms with Crippen LogP contribution in [0.3, 0.4) is 0 Å². The topological polar surface area (TPSA) is 51.8 Å². The lowest BCUT2D eigenvalue weighted by atomic mass is 10.1. The Hall–Kier alpha value is -2.17. The van der Waals surface area contributed by atoms with Gasteiger partial charge in [0.2, 0.25) is 0 Å². The maximum Gasteiger partial charge on any atom is 0.177 e. The normalized spacial score (nSPS) is 11.0. The first-order valence-corrected chi connectivity index (χ1v) is 7.20. The minimum absolute atomic E-state index is 0.0605. The van der Waals surface area contributed by atoms with Crippen molar-refractivity contribution in [1.29, 1.82) is 0 Å². The number of aromatic hydroxyl groups is 1. The molecule has 22 heavy (non-hydrogen) atoms. The van der Waals surface area contributed by atoms with E-state index in [0.717, 1.165) is 5.56 Å². The first kappa shape index (κ1) is 14.8. The largest absolute Gasteiger partial charge is 0.504 e. The van der Waals surface area contributed by atoms with E-state index in [4.69, 9.17) is 25.5 Å². The molecule has 0 saturated carbocycles. The standard InChI is InChI=1S/C17H15ClO4/c1-20-9-10-21-13-3-2-4-14-15(13)16(19)17(22-14)11-5-7-12(18)8-6-11/h2-8,19H,9-10H2,1H3. The summed E-state index contributed by atoms with van der Waals surface area (Å²) < 4.78 is 16.4. The van der Waals surface area contributed by atoms with Crippen LogP contribution in [0.2, 0.25) is 5.02 Å².